The molecule has 1 aromatic carbocycles. The van der Waals surface area contributed by atoms with Crippen LogP contribution >= 0.6 is 0 Å². The second-order valence-corrected chi connectivity index (χ2v) is 5.99. The average molecular weight is 320 g/mol. The van der Waals surface area contributed by atoms with E-state index in [0.717, 1.165) is 11.3 Å². The molecule has 23 heavy (non-hydrogen) atoms. The van der Waals surface area contributed by atoms with Crippen LogP contribution < -0.4 is 10.1 Å². The van der Waals surface area contributed by atoms with E-state index in [2.05, 4.69) is 12.2 Å². The van der Waals surface area contributed by atoms with Crippen LogP contribution in [0.3, 0.4) is 0 Å². The second kappa shape index (κ2) is 7.00. The summed E-state index contributed by atoms with van der Waals surface area (Å²) >= 11 is 0. The molecule has 0 radical (unpaired) electrons. The molecule has 2 rings (SSSR count). The molecule has 0 spiro atoms. The van der Waals surface area contributed by atoms with Crippen molar-refractivity contribution in [2.75, 3.05) is 13.2 Å². The summed E-state index contributed by atoms with van der Waals surface area (Å²) in [7, 11) is 0. The topological polar surface area (TPSA) is 78.9 Å². The van der Waals surface area contributed by atoms with Gasteiger partial charge in [-0.15, -0.1) is 0 Å². The number of aryl methyl sites for hydroxylation is 1. The molecule has 1 aliphatic rings. The summed E-state index contributed by atoms with van der Waals surface area (Å²) in [4.78, 5) is 25.2. The maximum Gasteiger partial charge on any atom is 0.325 e. The molecule has 0 unspecified atom stereocenters. The Balaban J connectivity index is 1.88. The molecule has 0 bridgehead atoms. The third-order valence-corrected chi connectivity index (χ3v) is 4.22. The van der Waals surface area contributed by atoms with Crippen molar-refractivity contribution in [2.45, 2.75) is 45.3 Å². The molecule has 0 aromatic heterocycles. The molecule has 2 atom stereocenters. The van der Waals surface area contributed by atoms with Crippen LogP contribution in [0.2, 0.25) is 0 Å². The Morgan fingerprint density at radius 2 is 1.91 bits per heavy atom. The molecular formula is C17H24N2O4. The van der Waals surface area contributed by atoms with E-state index in [4.69, 9.17) is 4.74 Å². The molecule has 126 valence electrons. The first-order valence-corrected chi connectivity index (χ1v) is 7.93. The number of β-amino-alcohol motifs (C(OH)–C–C–N with tert-alkyl or cyclic N) is 1. The molecule has 1 aromatic rings. The maximum absolute atomic E-state index is 12.2. The summed E-state index contributed by atoms with van der Waals surface area (Å²) in [6.45, 7) is 5.53. The van der Waals surface area contributed by atoms with Gasteiger partial charge in [-0.1, -0.05) is 26.0 Å². The van der Waals surface area contributed by atoms with Gasteiger partial charge in [0, 0.05) is 0 Å². The number of nitrogens with zero attached hydrogens (tertiary/aromatic N) is 1. The van der Waals surface area contributed by atoms with Crippen LogP contribution in [-0.4, -0.2) is 46.7 Å². The van der Waals surface area contributed by atoms with Gasteiger partial charge in [-0.2, -0.15) is 0 Å². The lowest BCUT2D eigenvalue weighted by molar-refractivity contribution is -0.132. The van der Waals surface area contributed by atoms with Crippen LogP contribution in [0.1, 0.15) is 32.8 Å². The van der Waals surface area contributed by atoms with Gasteiger partial charge in [-0.25, -0.2) is 4.79 Å². The number of amides is 3. The number of hydrogen-bond donors (Lipinski definition) is 2. The lowest BCUT2D eigenvalue weighted by Crippen LogP contribution is -2.44. The highest BCUT2D eigenvalue weighted by Crippen LogP contribution is 2.21. The fourth-order valence-corrected chi connectivity index (χ4v) is 2.43. The van der Waals surface area contributed by atoms with Gasteiger partial charge in [0.25, 0.3) is 5.91 Å². The van der Waals surface area contributed by atoms with E-state index >= 15 is 0 Å². The molecule has 6 heteroatoms. The Hall–Kier alpha value is -2.08. The van der Waals surface area contributed by atoms with Gasteiger partial charge in [-0.05, 0) is 37.5 Å². The van der Waals surface area contributed by atoms with Crippen molar-refractivity contribution in [1.29, 1.82) is 0 Å². The van der Waals surface area contributed by atoms with Gasteiger partial charge in [0.05, 0.1) is 6.54 Å². The minimum Gasteiger partial charge on any atom is -0.491 e. The van der Waals surface area contributed by atoms with Gasteiger partial charge in [0.15, 0.2) is 0 Å². The number of nitrogens with one attached hydrogen (secondary N) is 1. The van der Waals surface area contributed by atoms with Gasteiger partial charge in [0.1, 0.15) is 24.0 Å². The highest BCUT2D eigenvalue weighted by Gasteiger charge is 2.46. The number of benzene rings is 1. The molecule has 2 N–H and O–H groups in total. The number of ether oxygens (including phenoxy) is 1. The van der Waals surface area contributed by atoms with Crippen molar-refractivity contribution in [3.63, 3.8) is 0 Å². The van der Waals surface area contributed by atoms with Crippen molar-refractivity contribution in [2.24, 2.45) is 0 Å². The zero-order valence-electron chi connectivity index (χ0n) is 13.8. The van der Waals surface area contributed by atoms with Crippen LogP contribution in [0.25, 0.3) is 0 Å². The largest absolute Gasteiger partial charge is 0.491 e. The summed E-state index contributed by atoms with van der Waals surface area (Å²) in [6.07, 6.45) is 0.519. The van der Waals surface area contributed by atoms with Gasteiger partial charge in [-0.3, -0.25) is 9.69 Å². The van der Waals surface area contributed by atoms with E-state index in [-0.39, 0.29) is 19.1 Å². The Labute approximate surface area is 136 Å². The van der Waals surface area contributed by atoms with Crippen LogP contribution in [0, 0.1) is 0 Å². The number of rotatable bonds is 7. The van der Waals surface area contributed by atoms with Crippen molar-refractivity contribution < 1.29 is 19.4 Å². The summed E-state index contributed by atoms with van der Waals surface area (Å²) in [6, 6.07) is 7.14. The predicted molar refractivity (Wildman–Crippen MR) is 86.3 cm³/mol. The first-order valence-electron chi connectivity index (χ1n) is 7.93. The standard InChI is InChI=1S/C17H24N2O4/c1-4-12-6-8-14(9-7-12)23-11-13(20)10-19-15(21)17(3,5-2)18-16(19)22/h6-9,13,20H,4-5,10-11H2,1-3H3,(H,18,22)/t13-,17-/m0/s1. The Kier molecular flexibility index (Phi) is 5.26. The van der Waals surface area contributed by atoms with Crippen LogP contribution in [0.4, 0.5) is 4.79 Å². The van der Waals surface area contributed by atoms with Gasteiger partial charge < -0.3 is 15.2 Å². The predicted octanol–water partition coefficient (Wildman–Crippen LogP) is 1.71. The molecule has 6 nitrogen and oxygen atoms in total. The molecular weight excluding hydrogens is 296 g/mol. The minimum absolute atomic E-state index is 0.0192. The summed E-state index contributed by atoms with van der Waals surface area (Å²) in [5, 5.41) is 12.7. The fourth-order valence-electron chi connectivity index (χ4n) is 2.43. The molecule has 0 aliphatic carbocycles. The van der Waals surface area contributed by atoms with Crippen molar-refractivity contribution in [1.82, 2.24) is 10.2 Å². The molecule has 1 heterocycles. The molecule has 1 aliphatic heterocycles. The third-order valence-electron chi connectivity index (χ3n) is 4.22. The quantitative estimate of drug-likeness (QED) is 0.750. The number of urea groups is 1. The first-order chi connectivity index (χ1) is 10.9. The summed E-state index contributed by atoms with van der Waals surface area (Å²) < 4.78 is 5.51. The van der Waals surface area contributed by atoms with E-state index in [9.17, 15) is 14.7 Å². The molecule has 0 saturated carbocycles. The van der Waals surface area contributed by atoms with Gasteiger partial charge in [0.2, 0.25) is 0 Å². The zero-order valence-corrected chi connectivity index (χ0v) is 13.8. The Bertz CT molecular complexity index is 572. The number of hydrogen-bond acceptors (Lipinski definition) is 4. The number of carbonyl (C=O) groups is 2. The second-order valence-electron chi connectivity index (χ2n) is 5.99. The first kappa shape index (κ1) is 17.3. The number of carbonyl (C=O) groups excluding carboxylic acids is 2. The fraction of sp³-hybridized carbons (Fsp3) is 0.529. The van der Waals surface area contributed by atoms with E-state index < -0.39 is 17.7 Å². The monoisotopic (exact) mass is 320 g/mol. The average Bonchev–Trinajstić information content (AvgIpc) is 2.77. The maximum atomic E-state index is 12.2. The third kappa shape index (κ3) is 3.82. The molecule has 3 amide bonds. The van der Waals surface area contributed by atoms with Crippen molar-refractivity contribution >= 4 is 11.9 Å². The lowest BCUT2D eigenvalue weighted by atomic mass is 9.99. The van der Waals surface area contributed by atoms with Crippen LogP contribution in [0.5, 0.6) is 5.75 Å². The van der Waals surface area contributed by atoms with E-state index in [0.29, 0.717) is 12.2 Å². The van der Waals surface area contributed by atoms with Crippen LogP contribution in [-0.2, 0) is 11.2 Å². The molecule has 1 fully saturated rings. The van der Waals surface area contributed by atoms with E-state index in [1.807, 2.05) is 31.2 Å². The SMILES string of the molecule is CCc1ccc(OC[C@@H](O)CN2C(=O)N[C@@](C)(CC)C2=O)cc1. The minimum atomic E-state index is -0.935. The van der Waals surface area contributed by atoms with Crippen LogP contribution in [0.15, 0.2) is 24.3 Å². The summed E-state index contributed by atoms with van der Waals surface area (Å²) in [5.74, 6) is 0.341. The Morgan fingerprint density at radius 1 is 1.26 bits per heavy atom. The van der Waals surface area contributed by atoms with E-state index in [1.54, 1.807) is 6.92 Å². The number of imide groups is 1. The zero-order chi connectivity index (χ0) is 17.0. The highest BCUT2D eigenvalue weighted by molar-refractivity contribution is 6.06. The highest BCUT2D eigenvalue weighted by atomic mass is 16.5. The smallest absolute Gasteiger partial charge is 0.325 e. The normalized spacial score (nSPS) is 22.2. The number of aliphatic hydroxyl groups excluding tert-OH is 1. The Morgan fingerprint density at radius 3 is 2.43 bits per heavy atom. The van der Waals surface area contributed by atoms with Crippen molar-refractivity contribution in [3.8, 4) is 5.75 Å². The van der Waals surface area contributed by atoms with E-state index in [1.165, 1.54) is 5.56 Å². The lowest BCUT2D eigenvalue weighted by Gasteiger charge is -2.21. The molecule has 1 saturated heterocycles. The summed E-state index contributed by atoms with van der Waals surface area (Å²) in [5.41, 5.74) is 0.323. The van der Waals surface area contributed by atoms with Crippen molar-refractivity contribution in [3.05, 3.63) is 29.8 Å². The van der Waals surface area contributed by atoms with Gasteiger partial charge >= 0.3 is 6.03 Å². The number of aliphatic hydroxyl groups is 1.